The Morgan fingerprint density at radius 1 is 1.24 bits per heavy atom. The summed E-state index contributed by atoms with van der Waals surface area (Å²) in [5.41, 5.74) is 1.02. The summed E-state index contributed by atoms with van der Waals surface area (Å²) in [5.74, 6) is 0.853. The number of nitrogens with zero attached hydrogens (tertiary/aromatic N) is 2. The van der Waals surface area contributed by atoms with Crippen molar-refractivity contribution in [1.29, 1.82) is 0 Å². The van der Waals surface area contributed by atoms with Crippen molar-refractivity contribution in [2.75, 3.05) is 13.2 Å². The maximum absolute atomic E-state index is 11.8. The molecule has 2 aromatic rings. The van der Waals surface area contributed by atoms with Gasteiger partial charge in [-0.3, -0.25) is 4.79 Å². The lowest BCUT2D eigenvalue weighted by Crippen LogP contribution is -2.31. The van der Waals surface area contributed by atoms with Crippen LogP contribution >= 0.6 is 0 Å². The zero-order valence-corrected chi connectivity index (χ0v) is 12.5. The molecule has 0 saturated heterocycles. The van der Waals surface area contributed by atoms with Crippen LogP contribution in [-0.2, 0) is 6.54 Å². The first-order valence-electron chi connectivity index (χ1n) is 7.23. The van der Waals surface area contributed by atoms with Crippen LogP contribution in [-0.4, -0.2) is 22.9 Å². The second kappa shape index (κ2) is 7.59. The lowest BCUT2D eigenvalue weighted by Gasteiger charge is -2.19. The van der Waals surface area contributed by atoms with Crippen molar-refractivity contribution in [2.45, 2.75) is 26.4 Å². The minimum absolute atomic E-state index is 0.0401. The van der Waals surface area contributed by atoms with Crippen LogP contribution in [0.4, 0.5) is 0 Å². The van der Waals surface area contributed by atoms with Crippen LogP contribution in [0.2, 0.25) is 0 Å². The molecule has 0 amide bonds. The first kappa shape index (κ1) is 15.3. The molecule has 0 fully saturated rings. The normalized spacial score (nSPS) is 12.1. The van der Waals surface area contributed by atoms with E-state index < -0.39 is 0 Å². The second-order valence-corrected chi connectivity index (χ2v) is 4.66. The quantitative estimate of drug-likeness (QED) is 0.846. The summed E-state index contributed by atoms with van der Waals surface area (Å²) >= 11 is 0. The Balaban J connectivity index is 2.18. The molecule has 0 radical (unpaired) electrons. The molecule has 0 spiro atoms. The number of nitrogens with one attached hydrogen (secondary N) is 1. The molecule has 5 nitrogen and oxygen atoms in total. The molecule has 112 valence electrons. The third-order valence-corrected chi connectivity index (χ3v) is 3.18. The van der Waals surface area contributed by atoms with Crippen LogP contribution in [0, 0.1) is 0 Å². The van der Waals surface area contributed by atoms with Gasteiger partial charge in [-0.05, 0) is 37.2 Å². The van der Waals surface area contributed by atoms with Crippen molar-refractivity contribution >= 4 is 0 Å². The maximum atomic E-state index is 11.8. The van der Waals surface area contributed by atoms with Gasteiger partial charge in [0.25, 0.3) is 5.56 Å². The molecule has 1 unspecified atom stereocenters. The number of likely N-dealkylation sites (N-methyl/N-ethyl adjacent to an activating group) is 1. The van der Waals surface area contributed by atoms with Crippen LogP contribution in [0.5, 0.6) is 5.75 Å². The molecule has 0 aliphatic rings. The molecule has 1 aromatic carbocycles. The molecule has 21 heavy (non-hydrogen) atoms. The monoisotopic (exact) mass is 287 g/mol. The van der Waals surface area contributed by atoms with Gasteiger partial charge in [-0.15, -0.1) is 0 Å². The van der Waals surface area contributed by atoms with Crippen molar-refractivity contribution < 1.29 is 4.74 Å². The molecule has 0 saturated carbocycles. The fourth-order valence-corrected chi connectivity index (χ4v) is 2.19. The van der Waals surface area contributed by atoms with Crippen LogP contribution in [0.3, 0.4) is 0 Å². The fourth-order valence-electron chi connectivity index (χ4n) is 2.19. The van der Waals surface area contributed by atoms with Gasteiger partial charge in [0, 0.05) is 12.3 Å². The summed E-state index contributed by atoms with van der Waals surface area (Å²) in [4.78, 5) is 11.8. The number of hydrogen-bond donors (Lipinski definition) is 1. The van der Waals surface area contributed by atoms with Gasteiger partial charge in [0.1, 0.15) is 5.75 Å². The number of hydrogen-bond acceptors (Lipinski definition) is 4. The Bertz CT molecular complexity index is 607. The summed E-state index contributed by atoms with van der Waals surface area (Å²) < 4.78 is 6.93. The Hall–Kier alpha value is -2.14. The minimum atomic E-state index is -0.0914. The summed E-state index contributed by atoms with van der Waals surface area (Å²) in [6.07, 6.45) is 1.63. The highest BCUT2D eigenvalue weighted by Crippen LogP contribution is 2.18. The van der Waals surface area contributed by atoms with Gasteiger partial charge in [0.05, 0.1) is 19.2 Å². The fraction of sp³-hybridized carbons (Fsp3) is 0.375. The zero-order valence-electron chi connectivity index (χ0n) is 12.5. The number of rotatable bonds is 7. The number of benzene rings is 1. The third-order valence-electron chi connectivity index (χ3n) is 3.18. The summed E-state index contributed by atoms with van der Waals surface area (Å²) in [5, 5.41) is 7.50. The minimum Gasteiger partial charge on any atom is -0.494 e. The average molecular weight is 287 g/mol. The summed E-state index contributed by atoms with van der Waals surface area (Å²) in [7, 11) is 0. The van der Waals surface area contributed by atoms with E-state index in [1.807, 2.05) is 38.1 Å². The highest BCUT2D eigenvalue weighted by Gasteiger charge is 2.12. The van der Waals surface area contributed by atoms with Gasteiger partial charge in [0.15, 0.2) is 0 Å². The van der Waals surface area contributed by atoms with Gasteiger partial charge >= 0.3 is 0 Å². The maximum Gasteiger partial charge on any atom is 0.266 e. The van der Waals surface area contributed by atoms with Gasteiger partial charge in [-0.2, -0.15) is 5.10 Å². The Kier molecular flexibility index (Phi) is 5.51. The van der Waals surface area contributed by atoms with E-state index in [-0.39, 0.29) is 11.6 Å². The largest absolute Gasteiger partial charge is 0.494 e. The standard InChI is InChI=1S/C16H21N3O2/c1-3-17-15(12-19-16(20)6-5-11-18-19)13-7-9-14(10-8-13)21-4-2/h5-11,15,17H,3-4,12H2,1-2H3. The molecule has 0 bridgehead atoms. The van der Waals surface area contributed by atoms with Crippen LogP contribution < -0.4 is 15.6 Å². The predicted octanol–water partition coefficient (Wildman–Crippen LogP) is 1.99. The van der Waals surface area contributed by atoms with E-state index in [4.69, 9.17) is 4.74 Å². The van der Waals surface area contributed by atoms with Crippen molar-refractivity contribution in [2.24, 2.45) is 0 Å². The first-order valence-corrected chi connectivity index (χ1v) is 7.23. The van der Waals surface area contributed by atoms with Crippen LogP contribution in [0.25, 0.3) is 0 Å². The van der Waals surface area contributed by atoms with Crippen LogP contribution in [0.15, 0.2) is 47.4 Å². The van der Waals surface area contributed by atoms with Crippen molar-refractivity contribution in [3.63, 3.8) is 0 Å². The highest BCUT2D eigenvalue weighted by atomic mass is 16.5. The van der Waals surface area contributed by atoms with Gasteiger partial charge < -0.3 is 10.1 Å². The van der Waals surface area contributed by atoms with Crippen LogP contribution in [0.1, 0.15) is 25.5 Å². The zero-order chi connectivity index (χ0) is 15.1. The van der Waals surface area contributed by atoms with E-state index in [0.29, 0.717) is 13.2 Å². The topological polar surface area (TPSA) is 56.2 Å². The number of aromatic nitrogens is 2. The van der Waals surface area contributed by atoms with E-state index in [9.17, 15) is 4.79 Å². The second-order valence-electron chi connectivity index (χ2n) is 4.66. The molecule has 1 N–H and O–H groups in total. The third kappa shape index (κ3) is 4.16. The molecular weight excluding hydrogens is 266 g/mol. The molecule has 0 aliphatic heterocycles. The Morgan fingerprint density at radius 2 is 2.00 bits per heavy atom. The molecule has 0 aliphatic carbocycles. The smallest absolute Gasteiger partial charge is 0.266 e. The predicted molar refractivity (Wildman–Crippen MR) is 82.5 cm³/mol. The van der Waals surface area contributed by atoms with Gasteiger partial charge in [-0.25, -0.2) is 4.68 Å². The van der Waals surface area contributed by atoms with E-state index >= 15 is 0 Å². The molecule has 2 rings (SSSR count). The molecule has 5 heteroatoms. The van der Waals surface area contributed by atoms with Crippen molar-refractivity contribution in [1.82, 2.24) is 15.1 Å². The summed E-state index contributed by atoms with van der Waals surface area (Å²) in [6, 6.07) is 11.2. The van der Waals surface area contributed by atoms with Gasteiger partial charge in [0.2, 0.25) is 0 Å². The summed E-state index contributed by atoms with van der Waals surface area (Å²) in [6.45, 7) is 5.98. The van der Waals surface area contributed by atoms with E-state index in [1.165, 1.54) is 10.7 Å². The molecular formula is C16H21N3O2. The SMILES string of the molecule is CCNC(Cn1ncccc1=O)c1ccc(OCC)cc1. The number of ether oxygens (including phenoxy) is 1. The molecule has 1 aromatic heterocycles. The Labute approximate surface area is 124 Å². The Morgan fingerprint density at radius 3 is 2.62 bits per heavy atom. The van der Waals surface area contributed by atoms with Crippen molar-refractivity contribution in [3.8, 4) is 5.75 Å². The van der Waals surface area contributed by atoms with E-state index in [2.05, 4.69) is 10.4 Å². The molecule has 1 atom stereocenters. The molecule has 1 heterocycles. The van der Waals surface area contributed by atoms with E-state index in [0.717, 1.165) is 17.9 Å². The highest BCUT2D eigenvalue weighted by molar-refractivity contribution is 5.29. The van der Waals surface area contributed by atoms with Gasteiger partial charge in [-0.1, -0.05) is 19.1 Å². The lowest BCUT2D eigenvalue weighted by atomic mass is 10.1. The lowest BCUT2D eigenvalue weighted by molar-refractivity contribution is 0.340. The first-order chi connectivity index (χ1) is 10.2. The average Bonchev–Trinajstić information content (AvgIpc) is 2.50. The van der Waals surface area contributed by atoms with Crippen molar-refractivity contribution in [3.05, 3.63) is 58.5 Å². The van der Waals surface area contributed by atoms with E-state index in [1.54, 1.807) is 12.3 Å².